The summed E-state index contributed by atoms with van der Waals surface area (Å²) < 4.78 is 1.63. The van der Waals surface area contributed by atoms with Gasteiger partial charge in [-0.05, 0) is 25.0 Å². The van der Waals surface area contributed by atoms with E-state index in [1.54, 1.807) is 4.57 Å². The third-order valence-electron chi connectivity index (χ3n) is 3.54. The number of nitrogens with zero attached hydrogens (tertiary/aromatic N) is 3. The van der Waals surface area contributed by atoms with Gasteiger partial charge in [0, 0.05) is 20.0 Å². The first-order valence-electron chi connectivity index (χ1n) is 6.58. The molecule has 19 heavy (non-hydrogen) atoms. The van der Waals surface area contributed by atoms with E-state index in [0.717, 1.165) is 30.4 Å². The Bertz CT molecular complexity index is 620. The lowest BCUT2D eigenvalue weighted by molar-refractivity contribution is 0.0940. The standard InChI is InChI=1S/C14H17N3O2/c1-10(18)17-13-7-3-2-6-12(13)15-14(17)16-8-4-5-11(19)9-16/h2-3,6-7,11,19H,4-5,8-9H2,1H3. The van der Waals surface area contributed by atoms with Gasteiger partial charge >= 0.3 is 0 Å². The molecule has 2 aromatic rings. The lowest BCUT2D eigenvalue weighted by Gasteiger charge is -2.30. The highest BCUT2D eigenvalue weighted by molar-refractivity contribution is 5.92. The molecule has 1 unspecified atom stereocenters. The summed E-state index contributed by atoms with van der Waals surface area (Å²) in [5.74, 6) is 0.594. The van der Waals surface area contributed by atoms with Gasteiger partial charge in [0.2, 0.25) is 11.9 Å². The van der Waals surface area contributed by atoms with Crippen LogP contribution in [0.25, 0.3) is 11.0 Å². The molecular weight excluding hydrogens is 242 g/mol. The lowest BCUT2D eigenvalue weighted by atomic mass is 10.1. The number of benzene rings is 1. The zero-order valence-corrected chi connectivity index (χ0v) is 10.9. The summed E-state index contributed by atoms with van der Waals surface area (Å²) in [4.78, 5) is 18.4. The Balaban J connectivity index is 2.11. The molecule has 1 aromatic heterocycles. The number of rotatable bonds is 1. The van der Waals surface area contributed by atoms with E-state index in [1.165, 1.54) is 6.92 Å². The van der Waals surface area contributed by atoms with Crippen LogP contribution < -0.4 is 4.90 Å². The molecule has 0 radical (unpaired) electrons. The fourth-order valence-electron chi connectivity index (χ4n) is 2.67. The topological polar surface area (TPSA) is 58.4 Å². The lowest BCUT2D eigenvalue weighted by Crippen LogP contribution is -2.40. The molecule has 1 aliphatic rings. The number of aliphatic hydroxyl groups is 1. The van der Waals surface area contributed by atoms with Crippen molar-refractivity contribution >= 4 is 22.9 Å². The van der Waals surface area contributed by atoms with Crippen molar-refractivity contribution in [3.05, 3.63) is 24.3 Å². The SMILES string of the molecule is CC(=O)n1c(N2CCCC(O)C2)nc2ccccc21. The summed E-state index contributed by atoms with van der Waals surface area (Å²) in [5.41, 5.74) is 1.64. The molecular formula is C14H17N3O2. The van der Waals surface area contributed by atoms with Crippen molar-refractivity contribution in [3.8, 4) is 0 Å². The van der Waals surface area contributed by atoms with E-state index < -0.39 is 0 Å². The number of hydrogen-bond donors (Lipinski definition) is 1. The van der Waals surface area contributed by atoms with E-state index in [1.807, 2.05) is 29.2 Å². The van der Waals surface area contributed by atoms with Crippen LogP contribution in [-0.2, 0) is 0 Å². The first-order valence-corrected chi connectivity index (χ1v) is 6.58. The van der Waals surface area contributed by atoms with Crippen molar-refractivity contribution in [1.82, 2.24) is 9.55 Å². The molecule has 100 valence electrons. The fourth-order valence-corrected chi connectivity index (χ4v) is 2.67. The van der Waals surface area contributed by atoms with Gasteiger partial charge in [-0.3, -0.25) is 4.79 Å². The average molecular weight is 259 g/mol. The molecule has 1 saturated heterocycles. The van der Waals surface area contributed by atoms with Crippen LogP contribution in [0.3, 0.4) is 0 Å². The van der Waals surface area contributed by atoms with Crippen molar-refractivity contribution in [2.45, 2.75) is 25.9 Å². The molecule has 1 aromatic carbocycles. The zero-order chi connectivity index (χ0) is 13.4. The molecule has 0 amide bonds. The molecule has 1 N–H and O–H groups in total. The van der Waals surface area contributed by atoms with Gasteiger partial charge in [-0.15, -0.1) is 0 Å². The number of aliphatic hydroxyl groups excluding tert-OH is 1. The minimum absolute atomic E-state index is 0.0521. The Labute approximate surface area is 111 Å². The number of fused-ring (bicyclic) bond motifs is 1. The van der Waals surface area contributed by atoms with Gasteiger partial charge in [0.15, 0.2) is 0 Å². The van der Waals surface area contributed by atoms with Crippen molar-refractivity contribution < 1.29 is 9.90 Å². The molecule has 0 saturated carbocycles. The van der Waals surface area contributed by atoms with Crippen LogP contribution in [0.4, 0.5) is 5.95 Å². The van der Waals surface area contributed by atoms with E-state index >= 15 is 0 Å². The molecule has 2 heterocycles. The number of aromatic nitrogens is 2. The van der Waals surface area contributed by atoms with Crippen LogP contribution in [-0.4, -0.2) is 39.8 Å². The van der Waals surface area contributed by atoms with E-state index in [0.29, 0.717) is 12.5 Å². The van der Waals surface area contributed by atoms with Crippen LogP contribution in [0.2, 0.25) is 0 Å². The van der Waals surface area contributed by atoms with Crippen molar-refractivity contribution in [3.63, 3.8) is 0 Å². The maximum Gasteiger partial charge on any atom is 0.230 e. The first kappa shape index (κ1) is 12.2. The molecule has 0 spiro atoms. The quantitative estimate of drug-likeness (QED) is 0.846. The summed E-state index contributed by atoms with van der Waals surface area (Å²) in [7, 11) is 0. The molecule has 0 bridgehead atoms. The Morgan fingerprint density at radius 2 is 2.21 bits per heavy atom. The number of hydrogen-bond acceptors (Lipinski definition) is 4. The van der Waals surface area contributed by atoms with Gasteiger partial charge in [0.1, 0.15) is 0 Å². The summed E-state index contributed by atoms with van der Waals surface area (Å²) in [5, 5.41) is 9.78. The number of anilines is 1. The van der Waals surface area contributed by atoms with Crippen LogP contribution in [0.5, 0.6) is 0 Å². The first-order chi connectivity index (χ1) is 9.16. The molecule has 1 fully saturated rings. The third-order valence-corrected chi connectivity index (χ3v) is 3.54. The zero-order valence-electron chi connectivity index (χ0n) is 10.9. The summed E-state index contributed by atoms with van der Waals surface area (Å²) in [6, 6.07) is 7.61. The van der Waals surface area contributed by atoms with Crippen molar-refractivity contribution in [1.29, 1.82) is 0 Å². The van der Waals surface area contributed by atoms with E-state index in [9.17, 15) is 9.90 Å². The van der Waals surface area contributed by atoms with Crippen molar-refractivity contribution in [2.75, 3.05) is 18.0 Å². The average Bonchev–Trinajstić information content (AvgIpc) is 2.78. The molecule has 5 nitrogen and oxygen atoms in total. The van der Waals surface area contributed by atoms with Crippen molar-refractivity contribution in [2.24, 2.45) is 0 Å². The molecule has 5 heteroatoms. The third kappa shape index (κ3) is 2.10. The molecule has 1 atom stereocenters. The Morgan fingerprint density at radius 3 is 2.95 bits per heavy atom. The minimum Gasteiger partial charge on any atom is -0.391 e. The van der Waals surface area contributed by atoms with E-state index in [2.05, 4.69) is 4.98 Å². The number of carbonyl (C=O) groups excluding carboxylic acids is 1. The maximum absolute atomic E-state index is 11.9. The maximum atomic E-state index is 11.9. The predicted molar refractivity (Wildman–Crippen MR) is 73.5 cm³/mol. The van der Waals surface area contributed by atoms with Gasteiger partial charge < -0.3 is 10.0 Å². The summed E-state index contributed by atoms with van der Waals surface area (Å²) in [6.45, 7) is 2.91. The van der Waals surface area contributed by atoms with Gasteiger partial charge in [-0.2, -0.15) is 0 Å². The molecule has 3 rings (SSSR count). The predicted octanol–water partition coefficient (Wildman–Crippen LogP) is 1.66. The minimum atomic E-state index is -0.339. The second-order valence-corrected chi connectivity index (χ2v) is 5.00. The normalized spacial score (nSPS) is 19.9. The Morgan fingerprint density at radius 1 is 1.42 bits per heavy atom. The number of para-hydroxylation sites is 2. The van der Waals surface area contributed by atoms with Gasteiger partial charge in [-0.1, -0.05) is 12.1 Å². The Kier molecular flexibility index (Phi) is 2.98. The van der Waals surface area contributed by atoms with Gasteiger partial charge in [0.25, 0.3) is 0 Å². The fraction of sp³-hybridized carbons (Fsp3) is 0.429. The number of piperidine rings is 1. The number of β-amino-alcohol motifs (C(OH)–C–C–N with tert-alkyl or cyclic N) is 1. The highest BCUT2D eigenvalue weighted by Gasteiger charge is 2.24. The summed E-state index contributed by atoms with van der Waals surface area (Å²) in [6.07, 6.45) is 1.40. The van der Waals surface area contributed by atoms with Crippen LogP contribution in [0.15, 0.2) is 24.3 Å². The smallest absolute Gasteiger partial charge is 0.230 e. The van der Waals surface area contributed by atoms with E-state index in [-0.39, 0.29) is 12.0 Å². The van der Waals surface area contributed by atoms with Gasteiger partial charge in [-0.25, -0.2) is 9.55 Å². The van der Waals surface area contributed by atoms with Gasteiger partial charge in [0.05, 0.1) is 17.1 Å². The van der Waals surface area contributed by atoms with E-state index in [4.69, 9.17) is 0 Å². The molecule has 0 aliphatic carbocycles. The molecule has 1 aliphatic heterocycles. The monoisotopic (exact) mass is 259 g/mol. The van der Waals surface area contributed by atoms with Crippen LogP contribution >= 0.6 is 0 Å². The second kappa shape index (κ2) is 4.66. The highest BCUT2D eigenvalue weighted by atomic mass is 16.3. The Hall–Kier alpha value is -1.88. The van der Waals surface area contributed by atoms with Crippen LogP contribution in [0.1, 0.15) is 24.6 Å². The highest BCUT2D eigenvalue weighted by Crippen LogP contribution is 2.25. The second-order valence-electron chi connectivity index (χ2n) is 5.00. The number of carbonyl (C=O) groups is 1. The largest absolute Gasteiger partial charge is 0.391 e. The summed E-state index contributed by atoms with van der Waals surface area (Å²) >= 11 is 0. The number of imidazole rings is 1. The van der Waals surface area contributed by atoms with Crippen LogP contribution in [0, 0.1) is 0 Å².